The normalized spacial score (nSPS) is 12.5. The van der Waals surface area contributed by atoms with Crippen LogP contribution < -0.4 is 5.32 Å². The second kappa shape index (κ2) is 7.01. The van der Waals surface area contributed by atoms with Crippen molar-refractivity contribution in [2.75, 3.05) is 13.2 Å². The number of nitrogens with one attached hydrogen (secondary N) is 1. The van der Waals surface area contributed by atoms with E-state index in [2.05, 4.69) is 39.2 Å². The van der Waals surface area contributed by atoms with E-state index in [0.29, 0.717) is 6.54 Å². The third kappa shape index (κ3) is 7.39. The van der Waals surface area contributed by atoms with Gasteiger partial charge in [-0.1, -0.05) is 20.8 Å². The molecule has 17 heavy (non-hydrogen) atoms. The van der Waals surface area contributed by atoms with Crippen molar-refractivity contribution < 1.29 is 14.3 Å². The van der Waals surface area contributed by atoms with Crippen LogP contribution in [0.1, 0.15) is 40.0 Å². The summed E-state index contributed by atoms with van der Waals surface area (Å²) in [5.74, 6) is 0. The lowest BCUT2D eigenvalue weighted by atomic mass is 10.2. The van der Waals surface area contributed by atoms with E-state index in [1.807, 2.05) is 0 Å². The fourth-order valence-electron chi connectivity index (χ4n) is 1.14. The molecule has 0 saturated heterocycles. The molecule has 102 valence electrons. The Morgan fingerprint density at radius 2 is 1.82 bits per heavy atom. The highest BCUT2D eigenvalue weighted by atomic mass is 28.4. The highest BCUT2D eigenvalue weighted by molar-refractivity contribution is 6.74. The topological polar surface area (TPSA) is 58.6 Å². The van der Waals surface area contributed by atoms with Crippen LogP contribution in [0.25, 0.3) is 0 Å². The monoisotopic (exact) mass is 261 g/mol. The van der Waals surface area contributed by atoms with E-state index in [1.165, 1.54) is 0 Å². The van der Waals surface area contributed by atoms with Gasteiger partial charge in [0.15, 0.2) is 8.32 Å². The van der Waals surface area contributed by atoms with Gasteiger partial charge in [0, 0.05) is 13.2 Å². The molecule has 0 aromatic heterocycles. The van der Waals surface area contributed by atoms with E-state index < -0.39 is 14.4 Å². The zero-order valence-electron chi connectivity index (χ0n) is 11.8. The summed E-state index contributed by atoms with van der Waals surface area (Å²) in [7, 11) is -1.60. The van der Waals surface area contributed by atoms with Crippen LogP contribution in [0.2, 0.25) is 18.1 Å². The van der Waals surface area contributed by atoms with E-state index in [4.69, 9.17) is 9.53 Å². The summed E-state index contributed by atoms with van der Waals surface area (Å²) in [5.41, 5.74) is 0. The molecule has 0 rings (SSSR count). The molecule has 0 heterocycles. The largest absolute Gasteiger partial charge is 0.465 e. The number of unbranched alkanes of at least 4 members (excludes halogenated alkanes) is 2. The third-order valence-corrected chi connectivity index (χ3v) is 7.90. The van der Waals surface area contributed by atoms with E-state index in [9.17, 15) is 4.79 Å². The van der Waals surface area contributed by atoms with Gasteiger partial charge in [-0.15, -0.1) is 0 Å². The first-order valence-electron chi connectivity index (χ1n) is 6.27. The first-order chi connectivity index (χ1) is 7.67. The average Bonchev–Trinajstić information content (AvgIpc) is 2.13. The maximum atomic E-state index is 10.2. The van der Waals surface area contributed by atoms with Crippen molar-refractivity contribution in [3.63, 3.8) is 0 Å². The van der Waals surface area contributed by atoms with Gasteiger partial charge >= 0.3 is 6.09 Å². The van der Waals surface area contributed by atoms with E-state index in [-0.39, 0.29) is 5.04 Å². The van der Waals surface area contributed by atoms with Crippen molar-refractivity contribution in [3.8, 4) is 0 Å². The number of hydrogen-bond donors (Lipinski definition) is 2. The molecule has 1 amide bonds. The Morgan fingerprint density at radius 1 is 1.24 bits per heavy atom. The molecule has 0 bridgehead atoms. The summed E-state index contributed by atoms with van der Waals surface area (Å²) in [6.45, 7) is 12.5. The lowest BCUT2D eigenvalue weighted by Crippen LogP contribution is -2.40. The van der Waals surface area contributed by atoms with Crippen LogP contribution in [0.4, 0.5) is 4.79 Å². The van der Waals surface area contributed by atoms with Crippen LogP contribution in [0.5, 0.6) is 0 Å². The Morgan fingerprint density at radius 3 is 2.29 bits per heavy atom. The second-order valence-corrected chi connectivity index (χ2v) is 10.7. The highest BCUT2D eigenvalue weighted by Crippen LogP contribution is 2.36. The number of carbonyl (C=O) groups is 1. The minimum atomic E-state index is -1.60. The van der Waals surface area contributed by atoms with Crippen LogP contribution in [0.15, 0.2) is 0 Å². The van der Waals surface area contributed by atoms with Gasteiger partial charge in [0.2, 0.25) is 0 Å². The van der Waals surface area contributed by atoms with Gasteiger partial charge in [0.25, 0.3) is 0 Å². The van der Waals surface area contributed by atoms with Crippen LogP contribution in [0.3, 0.4) is 0 Å². The first kappa shape index (κ1) is 16.4. The maximum absolute atomic E-state index is 10.2. The Bertz CT molecular complexity index is 236. The summed E-state index contributed by atoms with van der Waals surface area (Å²) >= 11 is 0. The molecule has 5 heteroatoms. The average molecular weight is 261 g/mol. The highest BCUT2D eigenvalue weighted by Gasteiger charge is 2.36. The van der Waals surface area contributed by atoms with Crippen LogP contribution in [-0.4, -0.2) is 32.7 Å². The van der Waals surface area contributed by atoms with E-state index >= 15 is 0 Å². The molecule has 0 aliphatic heterocycles. The van der Waals surface area contributed by atoms with Crippen molar-refractivity contribution in [2.45, 2.75) is 58.2 Å². The molecule has 0 aromatic rings. The van der Waals surface area contributed by atoms with Crippen molar-refractivity contribution in [1.29, 1.82) is 0 Å². The summed E-state index contributed by atoms with van der Waals surface area (Å²) < 4.78 is 6.02. The predicted octanol–water partition coefficient (Wildman–Crippen LogP) is 3.45. The van der Waals surface area contributed by atoms with Gasteiger partial charge in [0.1, 0.15) is 0 Å². The Labute approximate surface area is 106 Å². The quantitative estimate of drug-likeness (QED) is 0.545. The van der Waals surface area contributed by atoms with Gasteiger partial charge in [-0.3, -0.25) is 0 Å². The van der Waals surface area contributed by atoms with Crippen molar-refractivity contribution in [3.05, 3.63) is 0 Å². The molecule has 0 spiro atoms. The molecule has 0 aliphatic rings. The molecule has 0 saturated carbocycles. The molecule has 0 radical (unpaired) electrons. The third-order valence-electron chi connectivity index (χ3n) is 3.37. The lowest BCUT2D eigenvalue weighted by molar-refractivity contribution is 0.194. The van der Waals surface area contributed by atoms with Crippen LogP contribution in [0, 0.1) is 0 Å². The lowest BCUT2D eigenvalue weighted by Gasteiger charge is -2.36. The number of hydrogen-bond acceptors (Lipinski definition) is 2. The summed E-state index contributed by atoms with van der Waals surface area (Å²) in [5, 5.41) is 11.0. The SMILES string of the molecule is CC(C)(C)[Si](C)(C)OCCCCCNC(=O)O. The minimum absolute atomic E-state index is 0.262. The number of carboxylic acid groups (broad SMARTS) is 1. The standard InChI is InChI=1S/C12H27NO3Si/c1-12(2,3)17(4,5)16-10-8-6-7-9-13-11(14)15/h13H,6-10H2,1-5H3,(H,14,15). The molecule has 0 unspecified atom stereocenters. The van der Waals surface area contributed by atoms with Gasteiger partial charge < -0.3 is 14.8 Å². The summed E-state index contributed by atoms with van der Waals surface area (Å²) in [6, 6.07) is 0. The van der Waals surface area contributed by atoms with Crippen molar-refractivity contribution in [1.82, 2.24) is 5.32 Å². The summed E-state index contributed by atoms with van der Waals surface area (Å²) in [6.07, 6.45) is 1.96. The predicted molar refractivity (Wildman–Crippen MR) is 73.0 cm³/mol. The second-order valence-electron chi connectivity index (χ2n) is 5.90. The minimum Gasteiger partial charge on any atom is -0.465 e. The molecule has 4 nitrogen and oxygen atoms in total. The van der Waals surface area contributed by atoms with Gasteiger partial charge in [-0.25, -0.2) is 4.79 Å². The zero-order chi connectivity index (χ0) is 13.5. The van der Waals surface area contributed by atoms with Crippen LogP contribution in [-0.2, 0) is 4.43 Å². The van der Waals surface area contributed by atoms with Gasteiger partial charge in [0.05, 0.1) is 0 Å². The van der Waals surface area contributed by atoms with Crippen LogP contribution >= 0.6 is 0 Å². The first-order valence-corrected chi connectivity index (χ1v) is 9.18. The fourth-order valence-corrected chi connectivity index (χ4v) is 2.23. The Kier molecular flexibility index (Phi) is 6.78. The molecular formula is C12H27NO3Si. The zero-order valence-corrected chi connectivity index (χ0v) is 12.8. The number of rotatable bonds is 7. The van der Waals surface area contributed by atoms with E-state index in [0.717, 1.165) is 25.9 Å². The molecule has 0 aliphatic carbocycles. The molecule has 2 N–H and O–H groups in total. The fraction of sp³-hybridized carbons (Fsp3) is 0.917. The van der Waals surface area contributed by atoms with Gasteiger partial charge in [-0.05, 0) is 37.4 Å². The maximum Gasteiger partial charge on any atom is 0.404 e. The molecular weight excluding hydrogens is 234 g/mol. The van der Waals surface area contributed by atoms with Gasteiger partial charge in [-0.2, -0.15) is 0 Å². The number of amides is 1. The molecule has 0 aromatic carbocycles. The van der Waals surface area contributed by atoms with Crippen molar-refractivity contribution in [2.24, 2.45) is 0 Å². The summed E-state index contributed by atoms with van der Waals surface area (Å²) in [4.78, 5) is 10.2. The smallest absolute Gasteiger partial charge is 0.404 e. The van der Waals surface area contributed by atoms with Crippen molar-refractivity contribution >= 4 is 14.4 Å². The molecule has 0 fully saturated rings. The van der Waals surface area contributed by atoms with E-state index in [1.54, 1.807) is 0 Å². The Balaban J connectivity index is 3.55. The Hall–Kier alpha value is -0.553. The molecule has 0 atom stereocenters.